The number of nitrogens with zero attached hydrogens (tertiary/aromatic N) is 3. The van der Waals surface area contributed by atoms with E-state index in [9.17, 15) is 4.79 Å². The molecule has 2 atom stereocenters. The first-order valence-electron chi connectivity index (χ1n) is 8.17. The molecule has 1 aromatic carbocycles. The number of carbonyl (C=O) groups is 1. The maximum absolute atomic E-state index is 13.1. The highest BCUT2D eigenvalue weighted by Crippen LogP contribution is 2.30. The van der Waals surface area contributed by atoms with Crippen molar-refractivity contribution in [3.8, 4) is 0 Å². The highest BCUT2D eigenvalue weighted by atomic mass is 35.5. The molecule has 1 aliphatic rings. The van der Waals surface area contributed by atoms with Crippen LogP contribution >= 0.6 is 12.4 Å². The molecule has 0 unspecified atom stereocenters. The third kappa shape index (κ3) is 3.62. The zero-order valence-corrected chi connectivity index (χ0v) is 15.2. The van der Waals surface area contributed by atoms with Gasteiger partial charge in [-0.25, -0.2) is 0 Å². The predicted octanol–water partition coefficient (Wildman–Crippen LogP) is 2.51. The van der Waals surface area contributed by atoms with E-state index in [0.717, 1.165) is 24.3 Å². The molecule has 24 heavy (non-hydrogen) atoms. The highest BCUT2D eigenvalue weighted by Gasteiger charge is 2.37. The Morgan fingerprint density at radius 2 is 2.21 bits per heavy atom. The first-order chi connectivity index (χ1) is 11.1. The number of nitrogens with one attached hydrogen (secondary N) is 1. The molecule has 0 bridgehead atoms. The molecular formula is C18H25ClN4O. The van der Waals surface area contributed by atoms with Crippen molar-refractivity contribution in [1.82, 2.24) is 15.1 Å². The average Bonchev–Trinajstić information content (AvgIpc) is 3.16. The summed E-state index contributed by atoms with van der Waals surface area (Å²) in [5.74, 6) is 0.340. The SMILES string of the molecule is CCN(C(=O)[C@H]1CNC[C@@H]1c1cnn(C)c1)c1cccc(C)c1.Cl. The van der Waals surface area contributed by atoms with Crippen molar-refractivity contribution < 1.29 is 4.79 Å². The number of carbonyl (C=O) groups excluding carboxylic acids is 1. The quantitative estimate of drug-likeness (QED) is 0.923. The Labute approximate surface area is 149 Å². The molecule has 1 aromatic heterocycles. The lowest BCUT2D eigenvalue weighted by molar-refractivity contribution is -0.122. The van der Waals surface area contributed by atoms with Gasteiger partial charge in [-0.1, -0.05) is 12.1 Å². The zero-order valence-electron chi connectivity index (χ0n) is 14.4. The Kier molecular flexibility index (Phi) is 6.02. The van der Waals surface area contributed by atoms with Gasteiger partial charge in [-0.15, -0.1) is 12.4 Å². The van der Waals surface area contributed by atoms with Crippen LogP contribution in [0.1, 0.15) is 24.0 Å². The van der Waals surface area contributed by atoms with Crippen LogP contribution in [-0.2, 0) is 11.8 Å². The molecule has 3 rings (SSSR count). The van der Waals surface area contributed by atoms with Crippen LogP contribution in [0.3, 0.4) is 0 Å². The van der Waals surface area contributed by atoms with E-state index in [2.05, 4.69) is 29.5 Å². The molecule has 2 aromatic rings. The second-order valence-corrected chi connectivity index (χ2v) is 6.24. The lowest BCUT2D eigenvalue weighted by Crippen LogP contribution is -2.38. The van der Waals surface area contributed by atoms with Crippen molar-refractivity contribution >= 4 is 24.0 Å². The number of anilines is 1. The number of hydrogen-bond acceptors (Lipinski definition) is 3. The largest absolute Gasteiger partial charge is 0.315 e. The molecule has 1 N–H and O–H groups in total. The molecule has 130 valence electrons. The molecule has 0 saturated carbocycles. The minimum atomic E-state index is -0.0420. The molecule has 1 fully saturated rings. The van der Waals surface area contributed by atoms with Gasteiger partial charge in [0.1, 0.15) is 0 Å². The molecule has 0 radical (unpaired) electrons. The zero-order chi connectivity index (χ0) is 16.4. The van der Waals surface area contributed by atoms with E-state index >= 15 is 0 Å². The maximum Gasteiger partial charge on any atom is 0.232 e. The van der Waals surface area contributed by atoms with E-state index < -0.39 is 0 Å². The van der Waals surface area contributed by atoms with Crippen LogP contribution in [0.5, 0.6) is 0 Å². The van der Waals surface area contributed by atoms with Crippen molar-refractivity contribution in [3.63, 3.8) is 0 Å². The van der Waals surface area contributed by atoms with E-state index in [1.165, 1.54) is 5.56 Å². The lowest BCUT2D eigenvalue weighted by atomic mass is 9.89. The fraction of sp³-hybridized carbons (Fsp3) is 0.444. The molecule has 5 nitrogen and oxygen atoms in total. The van der Waals surface area contributed by atoms with Gasteiger partial charge in [0.05, 0.1) is 12.1 Å². The minimum Gasteiger partial charge on any atom is -0.315 e. The number of benzene rings is 1. The van der Waals surface area contributed by atoms with Gasteiger partial charge in [-0.2, -0.15) is 5.10 Å². The van der Waals surface area contributed by atoms with Crippen LogP contribution in [0, 0.1) is 12.8 Å². The van der Waals surface area contributed by atoms with Crippen molar-refractivity contribution in [2.24, 2.45) is 13.0 Å². The predicted molar refractivity (Wildman–Crippen MR) is 98.8 cm³/mol. The lowest BCUT2D eigenvalue weighted by Gasteiger charge is -2.27. The van der Waals surface area contributed by atoms with Gasteiger partial charge in [0, 0.05) is 44.5 Å². The summed E-state index contributed by atoms with van der Waals surface area (Å²) < 4.78 is 1.80. The smallest absolute Gasteiger partial charge is 0.232 e. The number of aromatic nitrogens is 2. The number of halogens is 1. The first kappa shape index (κ1) is 18.5. The van der Waals surface area contributed by atoms with Gasteiger partial charge >= 0.3 is 0 Å². The van der Waals surface area contributed by atoms with E-state index in [4.69, 9.17) is 0 Å². The van der Waals surface area contributed by atoms with Gasteiger partial charge in [0.15, 0.2) is 0 Å². The maximum atomic E-state index is 13.1. The summed E-state index contributed by atoms with van der Waals surface area (Å²) in [7, 11) is 1.91. The summed E-state index contributed by atoms with van der Waals surface area (Å²) in [6.07, 6.45) is 3.89. The fourth-order valence-corrected chi connectivity index (χ4v) is 3.38. The Morgan fingerprint density at radius 3 is 2.83 bits per heavy atom. The van der Waals surface area contributed by atoms with Gasteiger partial charge < -0.3 is 10.2 Å². The Hall–Kier alpha value is -1.85. The summed E-state index contributed by atoms with van der Waals surface area (Å²) in [5.41, 5.74) is 3.28. The standard InChI is InChI=1S/C18H24N4O.ClH/c1-4-22(15-7-5-6-13(2)8-15)18(23)17-11-19-10-16(17)14-9-20-21(3)12-14;/h5-9,12,16-17,19H,4,10-11H2,1-3H3;1H/t16-,17+;/m1./s1. The van der Waals surface area contributed by atoms with Gasteiger partial charge in [-0.3, -0.25) is 9.48 Å². The molecule has 1 saturated heterocycles. The number of aryl methyl sites for hydroxylation is 2. The summed E-state index contributed by atoms with van der Waals surface area (Å²) >= 11 is 0. The Morgan fingerprint density at radius 1 is 1.42 bits per heavy atom. The molecule has 0 aliphatic carbocycles. The molecule has 1 amide bonds. The Bertz CT molecular complexity index is 700. The van der Waals surface area contributed by atoms with Gasteiger partial charge in [0.25, 0.3) is 0 Å². The van der Waals surface area contributed by atoms with E-state index in [-0.39, 0.29) is 30.2 Å². The first-order valence-corrected chi connectivity index (χ1v) is 8.17. The van der Waals surface area contributed by atoms with Crippen molar-refractivity contribution in [1.29, 1.82) is 0 Å². The van der Waals surface area contributed by atoms with Crippen molar-refractivity contribution in [3.05, 3.63) is 47.8 Å². The van der Waals surface area contributed by atoms with E-state index in [1.807, 2.05) is 43.4 Å². The Balaban J connectivity index is 0.00000208. The van der Waals surface area contributed by atoms with Crippen LogP contribution in [0.2, 0.25) is 0 Å². The molecular weight excluding hydrogens is 324 g/mol. The second kappa shape index (κ2) is 7.81. The van der Waals surface area contributed by atoms with Gasteiger partial charge in [-0.05, 0) is 37.1 Å². The monoisotopic (exact) mass is 348 g/mol. The topological polar surface area (TPSA) is 50.2 Å². The summed E-state index contributed by atoms with van der Waals surface area (Å²) in [4.78, 5) is 15.0. The van der Waals surface area contributed by atoms with Gasteiger partial charge in [0.2, 0.25) is 5.91 Å². The molecule has 0 spiro atoms. The van der Waals surface area contributed by atoms with E-state index in [0.29, 0.717) is 6.54 Å². The summed E-state index contributed by atoms with van der Waals surface area (Å²) in [5, 5.41) is 7.62. The minimum absolute atomic E-state index is 0. The van der Waals surface area contributed by atoms with Crippen LogP contribution in [0.25, 0.3) is 0 Å². The number of hydrogen-bond donors (Lipinski definition) is 1. The molecule has 6 heteroatoms. The normalized spacial score (nSPS) is 19.8. The average molecular weight is 349 g/mol. The van der Waals surface area contributed by atoms with Crippen LogP contribution in [0.15, 0.2) is 36.7 Å². The second-order valence-electron chi connectivity index (χ2n) is 6.24. The summed E-state index contributed by atoms with van der Waals surface area (Å²) in [6.45, 7) is 6.31. The van der Waals surface area contributed by atoms with Crippen LogP contribution < -0.4 is 10.2 Å². The van der Waals surface area contributed by atoms with Crippen molar-refractivity contribution in [2.45, 2.75) is 19.8 Å². The number of amides is 1. The third-order valence-corrected chi connectivity index (χ3v) is 4.58. The van der Waals surface area contributed by atoms with Crippen LogP contribution in [-0.4, -0.2) is 35.3 Å². The molecule has 1 aliphatic heterocycles. The van der Waals surface area contributed by atoms with E-state index in [1.54, 1.807) is 4.68 Å². The van der Waals surface area contributed by atoms with Crippen LogP contribution in [0.4, 0.5) is 5.69 Å². The number of rotatable bonds is 4. The van der Waals surface area contributed by atoms with Crippen molar-refractivity contribution in [2.75, 3.05) is 24.5 Å². The fourth-order valence-electron chi connectivity index (χ4n) is 3.38. The molecule has 2 heterocycles. The highest BCUT2D eigenvalue weighted by molar-refractivity contribution is 5.96. The summed E-state index contributed by atoms with van der Waals surface area (Å²) in [6, 6.07) is 8.14. The third-order valence-electron chi connectivity index (χ3n) is 4.58.